The van der Waals surface area contributed by atoms with Gasteiger partial charge in [-0.3, -0.25) is 9.35 Å². The van der Waals surface area contributed by atoms with E-state index in [1.807, 2.05) is 0 Å². The summed E-state index contributed by atoms with van der Waals surface area (Å²) in [4.78, 5) is 10.3. The molecule has 0 saturated carbocycles. The molecule has 60 valence electrons. The number of nitrogens with one attached hydrogen (secondary N) is 1. The van der Waals surface area contributed by atoms with E-state index in [-0.39, 0.29) is 0 Å². The topological polar surface area (TPSA) is 83.5 Å². The van der Waals surface area contributed by atoms with Gasteiger partial charge in [0, 0.05) is 0 Å². The summed E-state index contributed by atoms with van der Waals surface area (Å²) >= 11 is 7.63. The zero-order chi connectivity index (χ0) is 8.36. The fourth-order valence-corrected chi connectivity index (χ4v) is 0.929. The van der Waals surface area contributed by atoms with Crippen molar-refractivity contribution >= 4 is 43.7 Å². The predicted molar refractivity (Wildman–Crippen MR) is 38.3 cm³/mol. The largest absolute Gasteiger partial charge is 0.359 e. The molecular weight excluding hydrogens is 249 g/mol. The van der Waals surface area contributed by atoms with Crippen LogP contribution in [0.15, 0.2) is 0 Å². The van der Waals surface area contributed by atoms with Crippen LogP contribution in [0.3, 0.4) is 0 Å². The Kier molecular flexibility index (Phi) is 3.57. The minimum absolute atomic E-state index is 1.04. The van der Waals surface area contributed by atoms with Crippen LogP contribution in [-0.4, -0.2) is 23.2 Å². The molecule has 10 heavy (non-hydrogen) atoms. The lowest BCUT2D eigenvalue weighted by Gasteiger charge is -1.99. The van der Waals surface area contributed by atoms with Crippen LogP contribution in [0.4, 0.5) is 0 Å². The number of amides is 1. The molecule has 5 nitrogen and oxygen atoms in total. The van der Waals surface area contributed by atoms with E-state index in [1.165, 1.54) is 4.72 Å². The summed E-state index contributed by atoms with van der Waals surface area (Å²) in [5.41, 5.74) is 0. The summed E-state index contributed by atoms with van der Waals surface area (Å²) in [7, 11) is -4.48. The van der Waals surface area contributed by atoms with Gasteiger partial charge in [-0.25, -0.2) is 4.72 Å². The van der Waals surface area contributed by atoms with Gasteiger partial charge in [-0.05, 0) is 0 Å². The molecule has 0 fully saturated rings. The molecule has 0 aromatic rings. The highest BCUT2D eigenvalue weighted by Crippen LogP contribution is 2.03. The van der Waals surface area contributed by atoms with Crippen LogP contribution < -0.4 is 4.72 Å². The van der Waals surface area contributed by atoms with E-state index in [2.05, 4.69) is 15.9 Å². The first kappa shape index (κ1) is 10.2. The second kappa shape index (κ2) is 3.51. The zero-order valence-corrected chi connectivity index (χ0v) is 7.57. The molecule has 1 amide bonds. The summed E-state index contributed by atoms with van der Waals surface area (Å²) in [5, 5.41) is 0. The van der Waals surface area contributed by atoms with Crippen LogP contribution in [0.5, 0.6) is 0 Å². The van der Waals surface area contributed by atoms with Crippen molar-refractivity contribution in [3.8, 4) is 0 Å². The number of halogens is 2. The number of carbonyl (C=O) groups excluding carboxylic acids is 1. The number of carbonyl (C=O) groups is 1. The Morgan fingerprint density at radius 1 is 1.70 bits per heavy atom. The van der Waals surface area contributed by atoms with E-state index in [0.717, 1.165) is 0 Å². The Bertz CT molecular complexity index is 223. The smallest absolute Gasteiger partial charge is 0.271 e. The quantitative estimate of drug-likeness (QED) is 0.529. The van der Waals surface area contributed by atoms with E-state index in [1.54, 1.807) is 0 Å². The van der Waals surface area contributed by atoms with Gasteiger partial charge < -0.3 is 0 Å². The summed E-state index contributed by atoms with van der Waals surface area (Å²) in [6, 6.07) is 0. The number of rotatable bonds is 2. The minimum atomic E-state index is -4.48. The molecule has 0 aliphatic heterocycles. The molecule has 0 bridgehead atoms. The van der Waals surface area contributed by atoms with E-state index in [4.69, 9.17) is 16.2 Å². The Labute approximate surface area is 70.8 Å². The molecule has 0 saturated heterocycles. The molecule has 0 rings (SSSR count). The van der Waals surface area contributed by atoms with Gasteiger partial charge in [0.2, 0.25) is 0 Å². The predicted octanol–water partition coefficient (Wildman–Crippen LogP) is -0.135. The highest BCUT2D eigenvalue weighted by atomic mass is 79.9. The molecule has 1 atom stereocenters. The van der Waals surface area contributed by atoms with Gasteiger partial charge in [0.05, 0.1) is 0 Å². The highest BCUT2D eigenvalue weighted by molar-refractivity contribution is 9.10. The second-order valence-electron chi connectivity index (χ2n) is 1.24. The lowest BCUT2D eigenvalue weighted by atomic mass is 10.8. The van der Waals surface area contributed by atoms with Gasteiger partial charge in [-0.1, -0.05) is 27.5 Å². The van der Waals surface area contributed by atoms with Crippen molar-refractivity contribution in [3.63, 3.8) is 0 Å². The van der Waals surface area contributed by atoms with Crippen molar-refractivity contribution < 1.29 is 17.8 Å². The van der Waals surface area contributed by atoms with E-state index in [0.29, 0.717) is 0 Å². The molecule has 0 aromatic heterocycles. The van der Waals surface area contributed by atoms with Crippen LogP contribution in [-0.2, 0) is 15.1 Å². The molecule has 0 spiro atoms. The number of hydrogen-bond acceptors (Lipinski definition) is 3. The van der Waals surface area contributed by atoms with E-state index in [9.17, 15) is 13.2 Å². The minimum Gasteiger partial charge on any atom is -0.271 e. The number of hydrogen-bond donors (Lipinski definition) is 2. The van der Waals surface area contributed by atoms with Crippen LogP contribution in [0.1, 0.15) is 0 Å². The monoisotopic (exact) mass is 251 g/mol. The maximum atomic E-state index is 10.3. The molecular formula is C2H3BrClNO4S. The van der Waals surface area contributed by atoms with Crippen molar-refractivity contribution in [2.24, 2.45) is 0 Å². The number of alkyl halides is 2. The van der Waals surface area contributed by atoms with Crippen LogP contribution >= 0.6 is 27.5 Å². The lowest BCUT2D eigenvalue weighted by Crippen LogP contribution is -2.33. The average Bonchev–Trinajstić information content (AvgIpc) is 1.60. The van der Waals surface area contributed by atoms with Gasteiger partial charge in [-0.15, -0.1) is 0 Å². The maximum Gasteiger partial charge on any atom is 0.359 e. The highest BCUT2D eigenvalue weighted by Gasteiger charge is 2.15. The molecule has 1 unspecified atom stereocenters. The summed E-state index contributed by atoms with van der Waals surface area (Å²) in [6.07, 6.45) is 0. The Hall–Kier alpha value is 0.150. The van der Waals surface area contributed by atoms with Gasteiger partial charge in [0.25, 0.3) is 5.91 Å². The van der Waals surface area contributed by atoms with Gasteiger partial charge in [-0.2, -0.15) is 8.42 Å². The molecule has 8 heteroatoms. The SMILES string of the molecule is O=C(NS(=O)(=O)O)C(Cl)Br. The normalized spacial score (nSPS) is 14.3. The second-order valence-corrected chi connectivity index (χ2v) is 4.28. The van der Waals surface area contributed by atoms with Crippen molar-refractivity contribution in [2.45, 2.75) is 4.29 Å². The van der Waals surface area contributed by atoms with Gasteiger partial charge >= 0.3 is 10.3 Å². The lowest BCUT2D eigenvalue weighted by molar-refractivity contribution is -0.117. The van der Waals surface area contributed by atoms with Crippen molar-refractivity contribution in [2.75, 3.05) is 0 Å². The Balaban J connectivity index is 4.07. The molecule has 0 aliphatic rings. The fourth-order valence-electron chi connectivity index (χ4n) is 0.172. The first-order valence-corrected chi connectivity index (χ1v) is 4.69. The average molecular weight is 252 g/mol. The third-order valence-corrected chi connectivity index (χ3v) is 1.50. The van der Waals surface area contributed by atoms with Crippen LogP contribution in [0.2, 0.25) is 0 Å². The summed E-state index contributed by atoms with van der Waals surface area (Å²) in [6.45, 7) is 0. The molecule has 0 heterocycles. The molecule has 0 aliphatic carbocycles. The maximum absolute atomic E-state index is 10.3. The summed E-state index contributed by atoms with van der Waals surface area (Å²) < 4.78 is 27.8. The third-order valence-electron chi connectivity index (χ3n) is 0.428. The Morgan fingerprint density at radius 3 is 2.20 bits per heavy atom. The van der Waals surface area contributed by atoms with Gasteiger partial charge in [0.1, 0.15) is 0 Å². The van der Waals surface area contributed by atoms with Gasteiger partial charge in [0.15, 0.2) is 4.29 Å². The van der Waals surface area contributed by atoms with Crippen molar-refractivity contribution in [3.05, 3.63) is 0 Å². The standard InChI is InChI=1S/C2H3BrClNO4S/c3-1(4)2(6)5-10(7,8)9/h1H,(H,5,6)(H,7,8,9). The van der Waals surface area contributed by atoms with Crippen molar-refractivity contribution in [1.82, 2.24) is 4.72 Å². The fraction of sp³-hybridized carbons (Fsp3) is 0.500. The van der Waals surface area contributed by atoms with Crippen LogP contribution in [0.25, 0.3) is 0 Å². The first-order chi connectivity index (χ1) is 4.33. The molecule has 2 N–H and O–H groups in total. The van der Waals surface area contributed by atoms with Crippen LogP contribution in [0, 0.1) is 0 Å². The molecule has 0 radical (unpaired) electrons. The zero-order valence-electron chi connectivity index (χ0n) is 4.41. The van der Waals surface area contributed by atoms with E-state index < -0.39 is 20.5 Å². The van der Waals surface area contributed by atoms with Crippen molar-refractivity contribution in [1.29, 1.82) is 0 Å². The first-order valence-electron chi connectivity index (χ1n) is 1.90. The Morgan fingerprint density at radius 2 is 2.10 bits per heavy atom. The van der Waals surface area contributed by atoms with E-state index >= 15 is 0 Å². The molecule has 0 aromatic carbocycles. The third kappa shape index (κ3) is 4.98. The summed E-state index contributed by atoms with van der Waals surface area (Å²) in [5.74, 6) is -1.04.